The molecule has 0 amide bonds. The first-order chi connectivity index (χ1) is 13.3. The molecule has 0 aromatic heterocycles. The number of hydrogen-bond donors (Lipinski definition) is 1. The average molecular weight is 420 g/mol. The molecule has 148 valence electrons. The minimum absolute atomic E-state index is 0.179. The molecule has 5 nitrogen and oxygen atoms in total. The highest BCUT2D eigenvalue weighted by Crippen LogP contribution is 2.32. The Morgan fingerprint density at radius 3 is 2.57 bits per heavy atom. The van der Waals surface area contributed by atoms with Gasteiger partial charge in [0.05, 0.1) is 11.5 Å². The molecule has 3 rings (SSSR count). The maximum atomic E-state index is 12.9. The Morgan fingerprint density at radius 2 is 1.89 bits per heavy atom. The van der Waals surface area contributed by atoms with E-state index in [1.54, 1.807) is 25.1 Å². The Labute approximate surface area is 170 Å². The summed E-state index contributed by atoms with van der Waals surface area (Å²) in [6.07, 6.45) is 4.25. The fraction of sp³-hybridized carbons (Fsp3) is 0.286. The summed E-state index contributed by atoms with van der Waals surface area (Å²) in [5, 5.41) is -0.524. The molecule has 2 aromatic rings. The molecule has 0 spiro atoms. The largest absolute Gasteiger partial charge is 0.463 e. The van der Waals surface area contributed by atoms with Crippen molar-refractivity contribution >= 4 is 33.5 Å². The Kier molecular flexibility index (Phi) is 6.23. The molecular formula is C21H22ClNO4S. The van der Waals surface area contributed by atoms with Crippen LogP contribution in [0.3, 0.4) is 0 Å². The third kappa shape index (κ3) is 4.46. The van der Waals surface area contributed by atoms with Crippen LogP contribution in [0.25, 0.3) is 6.08 Å². The van der Waals surface area contributed by atoms with Crippen LogP contribution < -0.4 is 5.73 Å². The number of rotatable bonds is 6. The van der Waals surface area contributed by atoms with E-state index in [2.05, 4.69) is 0 Å². The SMILES string of the molecule is CCOC(=O)/C=C/c1ccc2c(c1)CC(C(N)S(=O)(=O)c1ccc(Cl)cc1)C2. The highest BCUT2D eigenvalue weighted by atomic mass is 35.5. The lowest BCUT2D eigenvalue weighted by atomic mass is 10.1. The first-order valence-corrected chi connectivity index (χ1v) is 11.0. The van der Waals surface area contributed by atoms with E-state index < -0.39 is 21.2 Å². The van der Waals surface area contributed by atoms with Gasteiger partial charge in [0, 0.05) is 11.1 Å². The first-order valence-electron chi connectivity index (χ1n) is 9.03. The summed E-state index contributed by atoms with van der Waals surface area (Å²) in [5.74, 6) is -0.600. The monoisotopic (exact) mass is 419 g/mol. The Balaban J connectivity index is 1.75. The van der Waals surface area contributed by atoms with Crippen molar-refractivity contribution in [3.05, 3.63) is 70.3 Å². The predicted molar refractivity (Wildman–Crippen MR) is 110 cm³/mol. The number of halogens is 1. The van der Waals surface area contributed by atoms with E-state index in [0.29, 0.717) is 24.5 Å². The van der Waals surface area contributed by atoms with Gasteiger partial charge < -0.3 is 10.5 Å². The molecule has 0 fully saturated rings. The van der Waals surface area contributed by atoms with Gasteiger partial charge in [-0.25, -0.2) is 13.2 Å². The molecule has 1 aliphatic carbocycles. The third-order valence-corrected chi connectivity index (χ3v) is 7.14. The van der Waals surface area contributed by atoms with E-state index in [-0.39, 0.29) is 10.8 Å². The second-order valence-corrected chi connectivity index (χ2v) is 9.29. The van der Waals surface area contributed by atoms with Crippen LogP contribution >= 0.6 is 11.6 Å². The number of carbonyl (C=O) groups excluding carboxylic acids is 1. The van der Waals surface area contributed by atoms with Crippen LogP contribution in [0, 0.1) is 5.92 Å². The first kappa shape index (κ1) is 20.6. The van der Waals surface area contributed by atoms with E-state index >= 15 is 0 Å². The predicted octanol–water partition coefficient (Wildman–Crippen LogP) is 3.39. The number of carbonyl (C=O) groups is 1. The third-order valence-electron chi connectivity index (χ3n) is 4.86. The van der Waals surface area contributed by atoms with E-state index in [9.17, 15) is 13.2 Å². The zero-order valence-electron chi connectivity index (χ0n) is 15.5. The summed E-state index contributed by atoms with van der Waals surface area (Å²) in [7, 11) is -3.65. The number of ether oxygens (including phenoxy) is 1. The van der Waals surface area contributed by atoms with Crippen molar-refractivity contribution in [2.45, 2.75) is 30.0 Å². The zero-order chi connectivity index (χ0) is 20.3. The highest BCUT2D eigenvalue weighted by molar-refractivity contribution is 7.92. The van der Waals surface area contributed by atoms with Gasteiger partial charge in [0.15, 0.2) is 9.84 Å². The minimum Gasteiger partial charge on any atom is -0.463 e. The lowest BCUT2D eigenvalue weighted by Gasteiger charge is -2.19. The van der Waals surface area contributed by atoms with Crippen molar-refractivity contribution in [1.29, 1.82) is 0 Å². The molecule has 0 saturated carbocycles. The highest BCUT2D eigenvalue weighted by Gasteiger charge is 2.35. The van der Waals surface area contributed by atoms with E-state index in [0.717, 1.165) is 16.7 Å². The van der Waals surface area contributed by atoms with Gasteiger partial charge in [0.2, 0.25) is 0 Å². The van der Waals surface area contributed by atoms with E-state index in [4.69, 9.17) is 22.1 Å². The van der Waals surface area contributed by atoms with Gasteiger partial charge in [-0.05, 0) is 72.7 Å². The van der Waals surface area contributed by atoms with Crippen LogP contribution in [-0.2, 0) is 32.2 Å². The Bertz CT molecular complexity index is 1000. The van der Waals surface area contributed by atoms with Gasteiger partial charge in [-0.15, -0.1) is 0 Å². The molecule has 2 N–H and O–H groups in total. The van der Waals surface area contributed by atoms with Gasteiger partial charge in [-0.1, -0.05) is 29.8 Å². The zero-order valence-corrected chi connectivity index (χ0v) is 17.0. The molecule has 2 aromatic carbocycles. The van der Waals surface area contributed by atoms with Crippen molar-refractivity contribution < 1.29 is 17.9 Å². The van der Waals surface area contributed by atoms with Gasteiger partial charge >= 0.3 is 5.97 Å². The Morgan fingerprint density at radius 1 is 1.21 bits per heavy atom. The van der Waals surface area contributed by atoms with Crippen LogP contribution in [0.1, 0.15) is 23.6 Å². The fourth-order valence-corrected chi connectivity index (χ4v) is 5.05. The number of esters is 1. The summed E-state index contributed by atoms with van der Waals surface area (Å²) in [5.41, 5.74) is 9.18. The van der Waals surface area contributed by atoms with Crippen molar-refractivity contribution in [2.75, 3.05) is 6.61 Å². The summed E-state index contributed by atoms with van der Waals surface area (Å²) in [6.45, 7) is 2.08. The molecule has 2 atom stereocenters. The molecule has 28 heavy (non-hydrogen) atoms. The standard InChI is InChI=1S/C21H22ClNO4S/c1-2-27-20(24)10-4-14-3-5-15-12-17(13-16(15)11-14)21(23)28(25,26)19-8-6-18(22)7-9-19/h3-11,17,21H,2,12-13,23H2,1H3/b10-4+. The summed E-state index contributed by atoms with van der Waals surface area (Å²) in [6, 6.07) is 11.9. The maximum Gasteiger partial charge on any atom is 0.330 e. The Hall–Kier alpha value is -2.15. The van der Waals surface area contributed by atoms with Crippen molar-refractivity contribution in [2.24, 2.45) is 11.7 Å². The van der Waals surface area contributed by atoms with E-state index in [1.165, 1.54) is 18.2 Å². The molecule has 7 heteroatoms. The molecular weight excluding hydrogens is 398 g/mol. The quantitative estimate of drug-likeness (QED) is 0.572. The van der Waals surface area contributed by atoms with Crippen molar-refractivity contribution in [1.82, 2.24) is 0 Å². The fourth-order valence-electron chi connectivity index (χ4n) is 3.40. The summed E-state index contributed by atoms with van der Waals surface area (Å²) in [4.78, 5) is 11.6. The molecule has 1 aliphatic rings. The minimum atomic E-state index is -3.65. The lowest BCUT2D eigenvalue weighted by Crippen LogP contribution is -2.38. The number of fused-ring (bicyclic) bond motifs is 1. The average Bonchev–Trinajstić information content (AvgIpc) is 3.09. The molecule has 0 heterocycles. The van der Waals surface area contributed by atoms with Gasteiger partial charge in [0.1, 0.15) is 5.37 Å². The number of benzene rings is 2. The van der Waals surface area contributed by atoms with Crippen molar-refractivity contribution in [3.63, 3.8) is 0 Å². The van der Waals surface area contributed by atoms with Crippen LogP contribution in [0.5, 0.6) is 0 Å². The number of nitrogens with two attached hydrogens (primary N) is 1. The smallest absolute Gasteiger partial charge is 0.330 e. The molecule has 2 unspecified atom stereocenters. The summed E-state index contributed by atoms with van der Waals surface area (Å²) >= 11 is 5.85. The molecule has 0 saturated heterocycles. The molecule has 0 radical (unpaired) electrons. The lowest BCUT2D eigenvalue weighted by molar-refractivity contribution is -0.137. The maximum absolute atomic E-state index is 12.9. The van der Waals surface area contributed by atoms with Gasteiger partial charge in [0.25, 0.3) is 0 Å². The van der Waals surface area contributed by atoms with Crippen LogP contribution in [-0.4, -0.2) is 26.4 Å². The van der Waals surface area contributed by atoms with Gasteiger partial charge in [-0.2, -0.15) is 0 Å². The number of sulfone groups is 1. The van der Waals surface area contributed by atoms with Crippen LogP contribution in [0.4, 0.5) is 0 Å². The second kappa shape index (κ2) is 8.47. The molecule has 0 bridgehead atoms. The molecule has 0 aliphatic heterocycles. The summed E-state index contributed by atoms with van der Waals surface area (Å²) < 4.78 is 30.6. The van der Waals surface area contributed by atoms with Crippen LogP contribution in [0.15, 0.2) is 53.4 Å². The van der Waals surface area contributed by atoms with Gasteiger partial charge in [-0.3, -0.25) is 0 Å². The number of hydrogen-bond acceptors (Lipinski definition) is 5. The normalized spacial score (nSPS) is 17.5. The van der Waals surface area contributed by atoms with Crippen LogP contribution in [0.2, 0.25) is 5.02 Å². The van der Waals surface area contributed by atoms with Crippen molar-refractivity contribution in [3.8, 4) is 0 Å². The topological polar surface area (TPSA) is 86.5 Å². The van der Waals surface area contributed by atoms with E-state index in [1.807, 2.05) is 18.2 Å². The second-order valence-electron chi connectivity index (χ2n) is 6.75.